The lowest BCUT2D eigenvalue weighted by Gasteiger charge is -2.42. The molecule has 0 unspecified atom stereocenters. The Labute approximate surface area is 84.1 Å². The minimum atomic E-state index is 0.121. The quantitative estimate of drug-likeness (QED) is 0.727. The Morgan fingerprint density at radius 2 is 2.00 bits per heavy atom. The van der Waals surface area contributed by atoms with Gasteiger partial charge in [-0.05, 0) is 5.56 Å². The molecule has 14 heavy (non-hydrogen) atoms. The van der Waals surface area contributed by atoms with Gasteiger partial charge in [0.1, 0.15) is 0 Å². The van der Waals surface area contributed by atoms with Crippen LogP contribution in [0.3, 0.4) is 0 Å². The molecule has 1 heterocycles. The first-order valence-corrected chi connectivity index (χ1v) is 4.96. The van der Waals surface area contributed by atoms with Crippen molar-refractivity contribution in [1.82, 2.24) is 4.90 Å². The molecule has 1 atom stereocenters. The number of likely N-dealkylation sites (tertiary alicyclic amines) is 1. The van der Waals surface area contributed by atoms with Crippen LogP contribution in [-0.2, 0) is 0 Å². The minimum absolute atomic E-state index is 0.121. The van der Waals surface area contributed by atoms with E-state index in [0.29, 0.717) is 0 Å². The van der Waals surface area contributed by atoms with E-state index in [1.54, 1.807) is 0 Å². The fourth-order valence-electron chi connectivity index (χ4n) is 1.91. The van der Waals surface area contributed by atoms with Crippen molar-refractivity contribution in [2.24, 2.45) is 5.73 Å². The predicted octanol–water partition coefficient (Wildman–Crippen LogP) is 0.363. The number of aliphatic hydroxyl groups excluding tert-OH is 1. The van der Waals surface area contributed by atoms with Crippen molar-refractivity contribution >= 4 is 0 Å². The van der Waals surface area contributed by atoms with Crippen LogP contribution < -0.4 is 5.73 Å². The van der Waals surface area contributed by atoms with E-state index in [4.69, 9.17) is 5.73 Å². The molecule has 1 aliphatic rings. The molecule has 1 fully saturated rings. The first-order valence-electron chi connectivity index (χ1n) is 4.96. The van der Waals surface area contributed by atoms with Gasteiger partial charge in [-0.15, -0.1) is 0 Å². The average molecular weight is 192 g/mol. The van der Waals surface area contributed by atoms with Gasteiger partial charge in [-0.1, -0.05) is 30.3 Å². The highest BCUT2D eigenvalue weighted by molar-refractivity contribution is 5.20. The van der Waals surface area contributed by atoms with E-state index in [0.717, 1.165) is 13.1 Å². The van der Waals surface area contributed by atoms with Gasteiger partial charge in [0, 0.05) is 19.1 Å². The largest absolute Gasteiger partial charge is 0.394 e. The zero-order valence-electron chi connectivity index (χ0n) is 8.13. The molecule has 0 aromatic heterocycles. The van der Waals surface area contributed by atoms with Crippen molar-refractivity contribution in [2.45, 2.75) is 12.1 Å². The molecule has 1 saturated heterocycles. The third kappa shape index (κ3) is 1.80. The van der Waals surface area contributed by atoms with Crippen LogP contribution in [0.1, 0.15) is 11.6 Å². The van der Waals surface area contributed by atoms with Crippen LogP contribution in [-0.4, -0.2) is 35.7 Å². The molecule has 3 heteroatoms. The van der Waals surface area contributed by atoms with Crippen molar-refractivity contribution in [3.63, 3.8) is 0 Å². The van der Waals surface area contributed by atoms with Crippen molar-refractivity contribution in [3.8, 4) is 0 Å². The minimum Gasteiger partial charge on any atom is -0.394 e. The van der Waals surface area contributed by atoms with Crippen LogP contribution in [0.2, 0.25) is 0 Å². The van der Waals surface area contributed by atoms with E-state index >= 15 is 0 Å². The number of hydrogen-bond donors (Lipinski definition) is 2. The van der Waals surface area contributed by atoms with E-state index in [2.05, 4.69) is 4.90 Å². The third-order valence-electron chi connectivity index (χ3n) is 2.74. The summed E-state index contributed by atoms with van der Waals surface area (Å²) in [7, 11) is 0. The maximum Gasteiger partial charge on any atom is 0.0628 e. The first-order chi connectivity index (χ1) is 6.81. The number of rotatable bonds is 3. The Morgan fingerprint density at radius 3 is 2.50 bits per heavy atom. The van der Waals surface area contributed by atoms with Crippen molar-refractivity contribution in [3.05, 3.63) is 35.9 Å². The fourth-order valence-corrected chi connectivity index (χ4v) is 1.91. The monoisotopic (exact) mass is 192 g/mol. The SMILES string of the molecule is NC1CN([C@@H](CO)c2ccccc2)C1. The summed E-state index contributed by atoms with van der Waals surface area (Å²) in [6, 6.07) is 10.5. The molecule has 3 nitrogen and oxygen atoms in total. The summed E-state index contributed by atoms with van der Waals surface area (Å²) in [5.74, 6) is 0. The highest BCUT2D eigenvalue weighted by Gasteiger charge is 2.30. The average Bonchev–Trinajstić information content (AvgIpc) is 2.18. The molecular formula is C11H16N2O. The van der Waals surface area contributed by atoms with Crippen molar-refractivity contribution in [1.29, 1.82) is 0 Å². The molecule has 1 aliphatic heterocycles. The second kappa shape index (κ2) is 4.09. The number of hydrogen-bond acceptors (Lipinski definition) is 3. The predicted molar refractivity (Wildman–Crippen MR) is 55.8 cm³/mol. The maximum atomic E-state index is 9.32. The molecule has 76 valence electrons. The van der Waals surface area contributed by atoms with Crippen LogP contribution in [0.4, 0.5) is 0 Å². The van der Waals surface area contributed by atoms with E-state index in [-0.39, 0.29) is 18.7 Å². The molecule has 1 aromatic rings. The normalized spacial score (nSPS) is 20.4. The van der Waals surface area contributed by atoms with Gasteiger partial charge in [-0.25, -0.2) is 0 Å². The molecule has 1 aromatic carbocycles. The lowest BCUT2D eigenvalue weighted by Crippen LogP contribution is -2.57. The van der Waals surface area contributed by atoms with Crippen LogP contribution in [0, 0.1) is 0 Å². The Hall–Kier alpha value is -0.900. The zero-order chi connectivity index (χ0) is 9.97. The van der Waals surface area contributed by atoms with Gasteiger partial charge in [0.25, 0.3) is 0 Å². The highest BCUT2D eigenvalue weighted by Crippen LogP contribution is 2.24. The smallest absolute Gasteiger partial charge is 0.0628 e. The lowest BCUT2D eigenvalue weighted by atomic mass is 10.0. The number of nitrogens with two attached hydrogens (primary N) is 1. The van der Waals surface area contributed by atoms with Crippen molar-refractivity contribution in [2.75, 3.05) is 19.7 Å². The topological polar surface area (TPSA) is 49.5 Å². The molecule has 0 saturated carbocycles. The molecule has 2 rings (SSSR count). The van der Waals surface area contributed by atoms with Gasteiger partial charge in [-0.2, -0.15) is 0 Å². The summed E-state index contributed by atoms with van der Waals surface area (Å²) >= 11 is 0. The summed E-state index contributed by atoms with van der Waals surface area (Å²) in [6.45, 7) is 1.94. The molecule has 0 amide bonds. The Bertz CT molecular complexity index is 283. The van der Waals surface area contributed by atoms with Gasteiger partial charge < -0.3 is 10.8 Å². The summed E-state index contributed by atoms with van der Waals surface area (Å²) in [5.41, 5.74) is 6.88. The van der Waals surface area contributed by atoms with E-state index in [9.17, 15) is 5.11 Å². The van der Waals surface area contributed by atoms with Crippen LogP contribution >= 0.6 is 0 Å². The standard InChI is InChI=1S/C11H16N2O/c12-10-6-13(7-10)11(8-14)9-4-2-1-3-5-9/h1-5,10-11,14H,6-8,12H2/t11-/m0/s1. The molecule has 0 aliphatic carbocycles. The van der Waals surface area contributed by atoms with Gasteiger partial charge in [0.2, 0.25) is 0 Å². The second-order valence-corrected chi connectivity index (χ2v) is 3.82. The van der Waals surface area contributed by atoms with Gasteiger partial charge in [0.05, 0.1) is 12.6 Å². The van der Waals surface area contributed by atoms with Crippen molar-refractivity contribution < 1.29 is 5.11 Å². The Balaban J connectivity index is 2.07. The molecule has 3 N–H and O–H groups in total. The van der Waals surface area contributed by atoms with E-state index in [1.165, 1.54) is 5.56 Å². The van der Waals surface area contributed by atoms with Gasteiger partial charge in [0.15, 0.2) is 0 Å². The van der Waals surface area contributed by atoms with Crippen LogP contribution in [0.5, 0.6) is 0 Å². The highest BCUT2D eigenvalue weighted by atomic mass is 16.3. The number of benzene rings is 1. The maximum absolute atomic E-state index is 9.32. The molecule has 0 radical (unpaired) electrons. The molecule has 0 spiro atoms. The summed E-state index contributed by atoms with van der Waals surface area (Å²) in [5, 5.41) is 9.32. The summed E-state index contributed by atoms with van der Waals surface area (Å²) in [4.78, 5) is 2.21. The fraction of sp³-hybridized carbons (Fsp3) is 0.455. The van der Waals surface area contributed by atoms with E-state index < -0.39 is 0 Å². The third-order valence-corrected chi connectivity index (χ3v) is 2.74. The Morgan fingerprint density at radius 1 is 1.36 bits per heavy atom. The molecule has 0 bridgehead atoms. The lowest BCUT2D eigenvalue weighted by molar-refractivity contribution is 0.0550. The zero-order valence-corrected chi connectivity index (χ0v) is 8.13. The summed E-state index contributed by atoms with van der Waals surface area (Å²) < 4.78 is 0. The van der Waals surface area contributed by atoms with Crippen LogP contribution in [0.15, 0.2) is 30.3 Å². The number of nitrogens with zero attached hydrogens (tertiary/aromatic N) is 1. The summed E-state index contributed by atoms with van der Waals surface area (Å²) in [6.07, 6.45) is 0. The van der Waals surface area contributed by atoms with Crippen LogP contribution in [0.25, 0.3) is 0 Å². The second-order valence-electron chi connectivity index (χ2n) is 3.82. The van der Waals surface area contributed by atoms with E-state index in [1.807, 2.05) is 30.3 Å². The molecular weight excluding hydrogens is 176 g/mol. The Kier molecular flexibility index (Phi) is 2.82. The number of aliphatic hydroxyl groups is 1. The van der Waals surface area contributed by atoms with Gasteiger partial charge >= 0.3 is 0 Å². The first kappa shape index (κ1) is 9.65. The van der Waals surface area contributed by atoms with Gasteiger partial charge in [-0.3, -0.25) is 4.90 Å².